The topological polar surface area (TPSA) is 40.2 Å². The van der Waals surface area contributed by atoms with Crippen LogP contribution in [0.5, 0.6) is 0 Å². The molecule has 0 radical (unpaired) electrons. The second-order valence-corrected chi connectivity index (χ2v) is 13.2. The summed E-state index contributed by atoms with van der Waals surface area (Å²) in [4.78, 5) is 0. The molecule has 1 fully saturated rings. The van der Waals surface area contributed by atoms with Crippen molar-refractivity contribution < 1.29 is 26.2 Å². The summed E-state index contributed by atoms with van der Waals surface area (Å²) in [5.41, 5.74) is 16.9. The van der Waals surface area contributed by atoms with Crippen molar-refractivity contribution in [3.05, 3.63) is 117 Å². The molecule has 3 aromatic carbocycles. The van der Waals surface area contributed by atoms with Crippen molar-refractivity contribution in [2.75, 3.05) is 26.2 Å². The van der Waals surface area contributed by atoms with Crippen LogP contribution in [0.15, 0.2) is 30.3 Å². The molecule has 0 spiro atoms. The standard InChI is InChI=1S/C26H39N3.C9H18.C7H7.CH3.Zr/c1-15-17(3)21(7)25(22(8)18(15)4)28-13-11-27-12-14-29-26-23(9)19(5)16(2)20(6)24(26)10;1-2-3-6-9-7-4-5-8-9;1-7-5-3-2-4-6-7;;/h27H,11-14H2,1-10H3;9H,2-8H2,1H3;2-6H,1H2;1H3;/q-2;;2*-1;+4. The average molecular weight is 717 g/mol. The molecule has 0 aromatic heterocycles. The predicted molar refractivity (Wildman–Crippen MR) is 208 cm³/mol. The van der Waals surface area contributed by atoms with Gasteiger partial charge in [0.15, 0.2) is 0 Å². The molecule has 0 heterocycles. The third-order valence-corrected chi connectivity index (χ3v) is 10.3. The maximum absolute atomic E-state index is 4.89. The molecular formula is C43H67N3Zr. The van der Waals surface area contributed by atoms with Gasteiger partial charge in [0.05, 0.1) is 0 Å². The van der Waals surface area contributed by atoms with Crippen LogP contribution in [-0.4, -0.2) is 26.2 Å². The predicted octanol–water partition coefficient (Wildman–Crippen LogP) is 12.8. The van der Waals surface area contributed by atoms with Crippen molar-refractivity contribution in [2.45, 2.75) is 121 Å². The molecule has 1 N–H and O–H groups in total. The first kappa shape index (κ1) is 45.0. The van der Waals surface area contributed by atoms with Gasteiger partial charge in [-0.1, -0.05) is 80.2 Å². The van der Waals surface area contributed by atoms with Crippen LogP contribution in [-0.2, 0) is 26.2 Å². The molecular weight excluding hydrogens is 650 g/mol. The first-order chi connectivity index (χ1) is 21.4. The molecule has 0 unspecified atom stereocenters. The van der Waals surface area contributed by atoms with Gasteiger partial charge in [-0.15, -0.1) is 36.6 Å². The van der Waals surface area contributed by atoms with Crippen LogP contribution in [0.25, 0.3) is 10.6 Å². The second-order valence-electron chi connectivity index (χ2n) is 13.2. The fourth-order valence-corrected chi connectivity index (χ4v) is 6.32. The Bertz CT molecular complexity index is 1190. The molecule has 258 valence electrons. The first-order valence-electron chi connectivity index (χ1n) is 17.5. The van der Waals surface area contributed by atoms with Crippen LogP contribution in [0.2, 0.25) is 0 Å². The van der Waals surface area contributed by atoms with Gasteiger partial charge in [-0.2, -0.15) is 24.6 Å². The number of rotatable bonds is 11. The van der Waals surface area contributed by atoms with Gasteiger partial charge in [0.2, 0.25) is 0 Å². The van der Waals surface area contributed by atoms with Crippen LogP contribution in [0, 0.1) is 89.5 Å². The summed E-state index contributed by atoms with van der Waals surface area (Å²) >= 11 is 0. The number of nitrogens with one attached hydrogen (secondary N) is 1. The first-order valence-corrected chi connectivity index (χ1v) is 17.5. The minimum Gasteiger partial charge on any atom is -0.683 e. The number of nitrogens with zero attached hydrogens (tertiary/aromatic N) is 2. The normalized spacial score (nSPS) is 12.1. The maximum atomic E-state index is 4.89. The Labute approximate surface area is 311 Å². The van der Waals surface area contributed by atoms with E-state index < -0.39 is 0 Å². The minimum atomic E-state index is 0. The van der Waals surface area contributed by atoms with Crippen molar-refractivity contribution in [2.24, 2.45) is 5.92 Å². The van der Waals surface area contributed by atoms with Crippen LogP contribution in [0.1, 0.15) is 113 Å². The van der Waals surface area contributed by atoms with E-state index in [4.69, 9.17) is 10.6 Å². The third-order valence-electron chi connectivity index (χ3n) is 10.3. The maximum Gasteiger partial charge on any atom is 4.00 e. The second kappa shape index (κ2) is 23.3. The molecule has 47 heavy (non-hydrogen) atoms. The van der Waals surface area contributed by atoms with Crippen LogP contribution in [0.4, 0.5) is 11.4 Å². The molecule has 1 aliphatic carbocycles. The van der Waals surface area contributed by atoms with Crippen molar-refractivity contribution in [1.82, 2.24) is 5.32 Å². The number of hydrogen-bond donors (Lipinski definition) is 1. The van der Waals surface area contributed by atoms with Gasteiger partial charge in [-0.3, -0.25) is 0 Å². The number of unbranched alkanes of at least 4 members (excludes halogenated alkanes) is 1. The number of hydrogen-bond acceptors (Lipinski definition) is 1. The van der Waals surface area contributed by atoms with Gasteiger partial charge in [-0.05, 0) is 122 Å². The SMILES string of the molecule is CCCCC1CCCC1.Cc1c(C)c(C)c([N-]CCNCC[N-]c2c(C)c(C)c(C)c(C)c2C)c(C)c1C.[CH2-]c1ccccc1.[CH3-].[Zr+4]. The van der Waals surface area contributed by atoms with E-state index in [9.17, 15) is 0 Å². The summed E-state index contributed by atoms with van der Waals surface area (Å²) in [7, 11) is 0. The van der Waals surface area contributed by atoms with Crippen molar-refractivity contribution in [3.8, 4) is 0 Å². The smallest absolute Gasteiger partial charge is 0.683 e. The van der Waals surface area contributed by atoms with Crippen LogP contribution in [0.3, 0.4) is 0 Å². The molecule has 0 atom stereocenters. The zero-order chi connectivity index (χ0) is 33.5. The van der Waals surface area contributed by atoms with Gasteiger partial charge < -0.3 is 23.4 Å². The van der Waals surface area contributed by atoms with E-state index in [0.717, 1.165) is 37.7 Å². The zero-order valence-corrected chi connectivity index (χ0v) is 34.8. The van der Waals surface area contributed by atoms with Gasteiger partial charge in [-0.25, -0.2) is 0 Å². The quantitative estimate of drug-likeness (QED) is 0.156. The molecule has 0 amide bonds. The van der Waals surface area contributed by atoms with E-state index in [2.05, 4.69) is 88.4 Å². The molecule has 0 bridgehead atoms. The molecule has 0 aliphatic heterocycles. The Balaban J connectivity index is 0.000000956. The minimum absolute atomic E-state index is 0. The van der Waals surface area contributed by atoms with Crippen molar-refractivity contribution in [1.29, 1.82) is 0 Å². The van der Waals surface area contributed by atoms with E-state index in [-0.39, 0.29) is 33.6 Å². The van der Waals surface area contributed by atoms with Gasteiger partial charge in [0, 0.05) is 0 Å². The van der Waals surface area contributed by atoms with E-state index in [0.29, 0.717) is 0 Å². The van der Waals surface area contributed by atoms with Gasteiger partial charge in [0.1, 0.15) is 0 Å². The summed E-state index contributed by atoms with van der Waals surface area (Å²) in [5, 5.41) is 13.3. The van der Waals surface area contributed by atoms with Crippen LogP contribution < -0.4 is 5.32 Å². The molecule has 3 nitrogen and oxygen atoms in total. The zero-order valence-electron chi connectivity index (χ0n) is 32.3. The summed E-state index contributed by atoms with van der Waals surface area (Å²) < 4.78 is 0. The van der Waals surface area contributed by atoms with Crippen molar-refractivity contribution >= 4 is 11.4 Å². The average Bonchev–Trinajstić information content (AvgIpc) is 3.57. The Kier molecular flexibility index (Phi) is 22.3. The Morgan fingerprint density at radius 3 is 1.30 bits per heavy atom. The van der Waals surface area contributed by atoms with Gasteiger partial charge in [0.25, 0.3) is 0 Å². The third kappa shape index (κ3) is 13.8. The molecule has 3 aromatic rings. The number of benzene rings is 3. The summed E-state index contributed by atoms with van der Waals surface area (Å²) in [6, 6.07) is 9.87. The van der Waals surface area contributed by atoms with E-state index >= 15 is 0 Å². The molecule has 1 aliphatic rings. The molecule has 0 saturated heterocycles. The Morgan fingerprint density at radius 2 is 0.979 bits per heavy atom. The van der Waals surface area contributed by atoms with E-state index in [1.54, 1.807) is 0 Å². The van der Waals surface area contributed by atoms with Crippen molar-refractivity contribution in [3.63, 3.8) is 0 Å². The Hall–Kier alpha value is -2.03. The van der Waals surface area contributed by atoms with Gasteiger partial charge >= 0.3 is 26.2 Å². The molecule has 1 saturated carbocycles. The largest absolute Gasteiger partial charge is 4.00 e. The fourth-order valence-electron chi connectivity index (χ4n) is 6.32. The Morgan fingerprint density at radius 1 is 0.617 bits per heavy atom. The summed E-state index contributed by atoms with van der Waals surface area (Å²) in [6.07, 6.45) is 10.4. The monoisotopic (exact) mass is 715 g/mol. The molecule has 4 rings (SSSR count). The summed E-state index contributed by atoms with van der Waals surface area (Å²) in [6.45, 7) is 31.3. The van der Waals surface area contributed by atoms with Crippen LogP contribution >= 0.6 is 0 Å². The molecule has 4 heteroatoms. The fraction of sp³-hybridized carbons (Fsp3) is 0.535. The summed E-state index contributed by atoms with van der Waals surface area (Å²) in [5.74, 6) is 1.12. The van der Waals surface area contributed by atoms with E-state index in [1.807, 2.05) is 30.3 Å². The van der Waals surface area contributed by atoms with E-state index in [1.165, 1.54) is 112 Å².